The van der Waals surface area contributed by atoms with Crippen molar-refractivity contribution in [2.24, 2.45) is 5.10 Å². The van der Waals surface area contributed by atoms with Gasteiger partial charge in [0.15, 0.2) is 0 Å². The number of halogens is 2. The molecule has 0 bridgehead atoms. The maximum atomic E-state index is 13.7. The van der Waals surface area contributed by atoms with Crippen molar-refractivity contribution in [1.82, 2.24) is 10.6 Å². The fourth-order valence-corrected chi connectivity index (χ4v) is 4.10. The van der Waals surface area contributed by atoms with E-state index in [1.165, 1.54) is 17.1 Å². The average molecular weight is 442 g/mol. The van der Waals surface area contributed by atoms with Crippen LogP contribution in [-0.4, -0.2) is 47.4 Å². The van der Waals surface area contributed by atoms with Gasteiger partial charge in [0.25, 0.3) is 11.8 Å². The Morgan fingerprint density at radius 1 is 1.22 bits per heavy atom. The number of hydrogen-bond donors (Lipinski definition) is 3. The first-order valence-electron chi connectivity index (χ1n) is 10.5. The van der Waals surface area contributed by atoms with Crippen LogP contribution in [0.1, 0.15) is 24.8 Å². The zero-order valence-corrected chi connectivity index (χ0v) is 17.3. The van der Waals surface area contributed by atoms with Crippen molar-refractivity contribution in [3.63, 3.8) is 0 Å². The molecule has 0 radical (unpaired) electrons. The summed E-state index contributed by atoms with van der Waals surface area (Å²) >= 11 is 0. The van der Waals surface area contributed by atoms with Gasteiger partial charge in [-0.15, -0.1) is 0 Å². The molecule has 1 unspecified atom stereocenters. The van der Waals surface area contributed by atoms with Crippen LogP contribution in [0.25, 0.3) is 0 Å². The van der Waals surface area contributed by atoms with E-state index in [1.54, 1.807) is 30.3 Å². The molecule has 9 heteroatoms. The molecule has 2 aromatic carbocycles. The Balaban J connectivity index is 1.53. The number of anilines is 1. The zero-order valence-electron chi connectivity index (χ0n) is 17.3. The van der Waals surface area contributed by atoms with Crippen molar-refractivity contribution in [2.75, 3.05) is 11.6 Å². The lowest BCUT2D eigenvalue weighted by Gasteiger charge is -2.28. The number of amides is 2. The summed E-state index contributed by atoms with van der Waals surface area (Å²) in [7, 11) is 0. The highest BCUT2D eigenvalue weighted by molar-refractivity contribution is 6.44. The molecule has 7 nitrogen and oxygen atoms in total. The Kier molecular flexibility index (Phi) is 6.57. The minimum absolute atomic E-state index is 0.0147. The summed E-state index contributed by atoms with van der Waals surface area (Å²) in [6.07, 6.45) is 0.440. The van der Waals surface area contributed by atoms with E-state index in [-0.39, 0.29) is 30.5 Å². The largest absolute Gasteiger partial charge is 0.389 e. The number of rotatable bonds is 7. The average Bonchev–Trinajstić information content (AvgIpc) is 3.43. The van der Waals surface area contributed by atoms with E-state index >= 15 is 0 Å². The number of hydrogen-bond acceptors (Lipinski definition) is 5. The zero-order chi connectivity index (χ0) is 22.7. The molecule has 2 heterocycles. The van der Waals surface area contributed by atoms with Gasteiger partial charge in [-0.1, -0.05) is 18.2 Å². The first kappa shape index (κ1) is 22.0. The number of aliphatic hydroxyl groups is 1. The van der Waals surface area contributed by atoms with Crippen LogP contribution in [0.3, 0.4) is 0 Å². The summed E-state index contributed by atoms with van der Waals surface area (Å²) in [4.78, 5) is 25.3. The quantitative estimate of drug-likeness (QED) is 0.611. The third-order valence-electron chi connectivity index (χ3n) is 5.66. The van der Waals surface area contributed by atoms with E-state index < -0.39 is 29.7 Å². The molecule has 168 valence electrons. The van der Waals surface area contributed by atoms with E-state index in [1.807, 2.05) is 0 Å². The van der Waals surface area contributed by atoms with Gasteiger partial charge in [-0.05, 0) is 55.6 Å². The molecule has 0 spiro atoms. The molecule has 1 fully saturated rings. The summed E-state index contributed by atoms with van der Waals surface area (Å²) in [6.45, 7) is 0.740. The van der Waals surface area contributed by atoms with Crippen molar-refractivity contribution in [3.8, 4) is 0 Å². The van der Waals surface area contributed by atoms with Crippen LogP contribution in [0.4, 0.5) is 14.5 Å². The Bertz CT molecular complexity index is 1000. The fourth-order valence-electron chi connectivity index (χ4n) is 4.10. The normalized spacial score (nSPS) is 20.2. The third kappa shape index (κ3) is 5.00. The topological polar surface area (TPSA) is 94.0 Å². The van der Waals surface area contributed by atoms with Crippen molar-refractivity contribution < 1.29 is 23.5 Å². The van der Waals surface area contributed by atoms with Crippen molar-refractivity contribution in [3.05, 3.63) is 65.7 Å². The van der Waals surface area contributed by atoms with Crippen molar-refractivity contribution in [2.45, 2.75) is 43.9 Å². The summed E-state index contributed by atoms with van der Waals surface area (Å²) < 4.78 is 27.3. The predicted octanol–water partition coefficient (Wildman–Crippen LogP) is 1.90. The maximum absolute atomic E-state index is 13.7. The second kappa shape index (κ2) is 9.54. The lowest BCUT2D eigenvalue weighted by atomic mass is 9.95. The van der Waals surface area contributed by atoms with Gasteiger partial charge < -0.3 is 15.7 Å². The lowest BCUT2D eigenvalue weighted by molar-refractivity contribution is -0.119. The van der Waals surface area contributed by atoms with E-state index in [2.05, 4.69) is 15.7 Å². The van der Waals surface area contributed by atoms with E-state index in [4.69, 9.17) is 0 Å². The molecule has 32 heavy (non-hydrogen) atoms. The van der Waals surface area contributed by atoms with Gasteiger partial charge in [-0.3, -0.25) is 9.59 Å². The van der Waals surface area contributed by atoms with Crippen molar-refractivity contribution >= 4 is 23.2 Å². The second-order valence-corrected chi connectivity index (χ2v) is 8.02. The molecule has 0 aromatic heterocycles. The van der Waals surface area contributed by atoms with E-state index in [0.29, 0.717) is 17.7 Å². The first-order chi connectivity index (χ1) is 15.4. The van der Waals surface area contributed by atoms with Gasteiger partial charge in [0.1, 0.15) is 17.3 Å². The van der Waals surface area contributed by atoms with Gasteiger partial charge in [0, 0.05) is 12.1 Å². The number of aliphatic hydroxyl groups excluding tert-OH is 1. The second-order valence-electron chi connectivity index (χ2n) is 8.02. The molecule has 0 aliphatic carbocycles. The molecule has 3 N–H and O–H groups in total. The molecule has 2 aliphatic rings. The van der Waals surface area contributed by atoms with Crippen LogP contribution in [0.15, 0.2) is 53.6 Å². The van der Waals surface area contributed by atoms with Crippen LogP contribution in [0.5, 0.6) is 0 Å². The molecule has 4 rings (SSSR count). The van der Waals surface area contributed by atoms with Gasteiger partial charge in [0.05, 0.1) is 24.3 Å². The summed E-state index contributed by atoms with van der Waals surface area (Å²) in [5.41, 5.74) is 0.864. The standard InChI is InChI=1S/C23H24F2N4O3/c24-15-9-14(10-16(25)12-15)11-19(22(31)18-7-4-8-26-18)27-23(32)20-13-21(30)29(28-20)17-5-2-1-3-6-17/h1-3,5-6,9-10,12,18-19,22,26,31H,4,7-8,11,13H2,(H,27,32)/t18-,19?,22-/m1/s1. The highest BCUT2D eigenvalue weighted by Gasteiger charge is 2.34. The molecule has 0 saturated carbocycles. The highest BCUT2D eigenvalue weighted by Crippen LogP contribution is 2.21. The SMILES string of the molecule is O=C(NC(Cc1cc(F)cc(F)c1)[C@H](O)[C@H]1CCCN1)C1=NN(c2ccccc2)C(=O)C1. The Morgan fingerprint density at radius 3 is 2.59 bits per heavy atom. The van der Waals surface area contributed by atoms with E-state index in [9.17, 15) is 23.5 Å². The summed E-state index contributed by atoms with van der Waals surface area (Å²) in [5, 5.41) is 22.1. The minimum atomic E-state index is -0.990. The number of benzene rings is 2. The predicted molar refractivity (Wildman–Crippen MR) is 115 cm³/mol. The van der Waals surface area contributed by atoms with Crippen LogP contribution in [-0.2, 0) is 16.0 Å². The van der Waals surface area contributed by atoms with Crippen LogP contribution >= 0.6 is 0 Å². The Morgan fingerprint density at radius 2 is 1.94 bits per heavy atom. The summed E-state index contributed by atoms with van der Waals surface area (Å²) in [6, 6.07) is 10.8. The molecule has 3 atom stereocenters. The van der Waals surface area contributed by atoms with Gasteiger partial charge >= 0.3 is 0 Å². The minimum Gasteiger partial charge on any atom is -0.389 e. The molecular weight excluding hydrogens is 418 g/mol. The monoisotopic (exact) mass is 442 g/mol. The first-order valence-corrected chi connectivity index (χ1v) is 10.5. The molecule has 2 aromatic rings. The number of hydrazone groups is 1. The van der Waals surface area contributed by atoms with E-state index in [0.717, 1.165) is 19.0 Å². The molecule has 2 amide bonds. The van der Waals surface area contributed by atoms with Crippen LogP contribution in [0, 0.1) is 11.6 Å². The summed E-state index contributed by atoms with van der Waals surface area (Å²) in [5.74, 6) is -2.41. The fraction of sp³-hybridized carbons (Fsp3) is 0.348. The number of nitrogens with zero attached hydrogens (tertiary/aromatic N) is 2. The Labute approximate surface area is 184 Å². The van der Waals surface area contributed by atoms with Gasteiger partial charge in [-0.2, -0.15) is 10.1 Å². The van der Waals surface area contributed by atoms with Gasteiger partial charge in [0.2, 0.25) is 0 Å². The third-order valence-corrected chi connectivity index (χ3v) is 5.66. The maximum Gasteiger partial charge on any atom is 0.268 e. The van der Waals surface area contributed by atoms with Crippen LogP contribution < -0.4 is 15.6 Å². The smallest absolute Gasteiger partial charge is 0.268 e. The number of carbonyl (C=O) groups is 2. The number of nitrogens with one attached hydrogen (secondary N) is 2. The molecule has 2 aliphatic heterocycles. The molecular formula is C23H24F2N4O3. The number of para-hydroxylation sites is 1. The van der Waals surface area contributed by atoms with Crippen molar-refractivity contribution in [1.29, 1.82) is 0 Å². The van der Waals surface area contributed by atoms with Crippen LogP contribution in [0.2, 0.25) is 0 Å². The highest BCUT2D eigenvalue weighted by atomic mass is 19.1. The lowest BCUT2D eigenvalue weighted by Crippen LogP contribution is -2.53. The van der Waals surface area contributed by atoms with Gasteiger partial charge in [-0.25, -0.2) is 8.78 Å². The molecule has 1 saturated heterocycles. The Hall–Kier alpha value is -3.17. The number of carbonyl (C=O) groups excluding carboxylic acids is 2.